The number of nitrogens with zero attached hydrogens (tertiary/aromatic N) is 4. The molecule has 0 aliphatic heterocycles. The lowest BCUT2D eigenvalue weighted by molar-refractivity contribution is -0.122. The first kappa shape index (κ1) is 13.3. The van der Waals surface area contributed by atoms with Gasteiger partial charge in [-0.1, -0.05) is 0 Å². The van der Waals surface area contributed by atoms with Gasteiger partial charge in [-0.2, -0.15) is 14.6 Å². The normalized spacial score (nSPS) is 12.7. The molecule has 1 unspecified atom stereocenters. The molecule has 0 bridgehead atoms. The number of carbonyl (C=O) groups is 1. The number of nitrogens with one attached hydrogen (secondary N) is 2. The number of amides is 1. The topological polar surface area (TPSA) is 84.2 Å². The first-order chi connectivity index (χ1) is 8.97. The van der Waals surface area contributed by atoms with Crippen molar-refractivity contribution >= 4 is 17.5 Å². The molecule has 0 saturated heterocycles. The van der Waals surface area contributed by atoms with Crippen molar-refractivity contribution in [3.05, 3.63) is 18.1 Å². The first-order valence-electron chi connectivity index (χ1n) is 6.21. The first-order valence-corrected chi connectivity index (χ1v) is 6.21. The van der Waals surface area contributed by atoms with Crippen LogP contribution >= 0.6 is 0 Å². The summed E-state index contributed by atoms with van der Waals surface area (Å²) in [5.74, 6) is 1.16. The van der Waals surface area contributed by atoms with Crippen LogP contribution in [0.4, 0.5) is 5.82 Å². The minimum atomic E-state index is -0.364. The van der Waals surface area contributed by atoms with Gasteiger partial charge >= 0.3 is 0 Å². The highest BCUT2D eigenvalue weighted by atomic mass is 16.2. The Morgan fingerprint density at radius 3 is 2.79 bits per heavy atom. The van der Waals surface area contributed by atoms with E-state index in [4.69, 9.17) is 0 Å². The number of carbonyl (C=O) groups excluding carboxylic acids is 1. The van der Waals surface area contributed by atoms with E-state index in [0.717, 1.165) is 5.69 Å². The fraction of sp³-hybridized carbons (Fsp3) is 0.500. The van der Waals surface area contributed by atoms with Crippen molar-refractivity contribution in [3.63, 3.8) is 0 Å². The van der Waals surface area contributed by atoms with Crippen molar-refractivity contribution in [1.29, 1.82) is 0 Å². The van der Waals surface area contributed by atoms with Crippen molar-refractivity contribution in [1.82, 2.24) is 24.9 Å². The molecule has 2 N–H and O–H groups in total. The van der Waals surface area contributed by atoms with Gasteiger partial charge in [-0.25, -0.2) is 4.98 Å². The van der Waals surface area contributed by atoms with Crippen molar-refractivity contribution < 1.29 is 4.79 Å². The van der Waals surface area contributed by atoms with E-state index in [1.54, 1.807) is 11.4 Å². The zero-order chi connectivity index (χ0) is 14.0. The molecule has 7 nitrogen and oxygen atoms in total. The highest BCUT2D eigenvalue weighted by Crippen LogP contribution is 2.11. The Morgan fingerprint density at radius 1 is 1.37 bits per heavy atom. The Kier molecular flexibility index (Phi) is 3.64. The van der Waals surface area contributed by atoms with Gasteiger partial charge in [0.15, 0.2) is 0 Å². The summed E-state index contributed by atoms with van der Waals surface area (Å²) < 4.78 is 1.58. The largest absolute Gasteiger partial charge is 0.358 e. The minimum absolute atomic E-state index is 0.0577. The summed E-state index contributed by atoms with van der Waals surface area (Å²) in [6, 6.07) is 1.58. The monoisotopic (exact) mass is 262 g/mol. The maximum atomic E-state index is 11.9. The fourth-order valence-electron chi connectivity index (χ4n) is 1.73. The van der Waals surface area contributed by atoms with E-state index in [1.807, 2.05) is 26.8 Å². The number of aromatic nitrogens is 4. The van der Waals surface area contributed by atoms with Crippen LogP contribution in [0.2, 0.25) is 0 Å². The second kappa shape index (κ2) is 5.21. The van der Waals surface area contributed by atoms with Crippen molar-refractivity contribution in [2.75, 3.05) is 5.32 Å². The Morgan fingerprint density at radius 2 is 2.11 bits per heavy atom. The van der Waals surface area contributed by atoms with Crippen LogP contribution in [0.5, 0.6) is 0 Å². The molecule has 102 valence electrons. The van der Waals surface area contributed by atoms with Gasteiger partial charge in [0.2, 0.25) is 5.91 Å². The number of anilines is 1. The van der Waals surface area contributed by atoms with Crippen LogP contribution in [-0.4, -0.2) is 37.6 Å². The fourth-order valence-corrected chi connectivity index (χ4v) is 1.73. The van der Waals surface area contributed by atoms with Crippen molar-refractivity contribution in [3.8, 4) is 0 Å². The zero-order valence-corrected chi connectivity index (χ0v) is 11.5. The number of hydrogen-bond acceptors (Lipinski definition) is 5. The molecule has 0 aliphatic carbocycles. The average Bonchev–Trinajstić information content (AvgIpc) is 2.75. The Hall–Kier alpha value is -2.18. The molecule has 0 radical (unpaired) electrons. The molecule has 19 heavy (non-hydrogen) atoms. The highest BCUT2D eigenvalue weighted by molar-refractivity contribution is 5.84. The predicted molar refractivity (Wildman–Crippen MR) is 71.9 cm³/mol. The van der Waals surface area contributed by atoms with Crippen LogP contribution in [0.25, 0.3) is 5.78 Å². The third-order valence-corrected chi connectivity index (χ3v) is 2.57. The van der Waals surface area contributed by atoms with Gasteiger partial charge in [-0.15, -0.1) is 0 Å². The molecule has 0 aliphatic rings. The quantitative estimate of drug-likeness (QED) is 0.849. The van der Waals surface area contributed by atoms with Gasteiger partial charge in [0, 0.05) is 17.8 Å². The van der Waals surface area contributed by atoms with E-state index in [2.05, 4.69) is 25.7 Å². The molecule has 1 amide bonds. The maximum Gasteiger partial charge on any atom is 0.254 e. The molecule has 2 heterocycles. The second-order valence-corrected chi connectivity index (χ2v) is 4.78. The summed E-state index contributed by atoms with van der Waals surface area (Å²) in [7, 11) is 0. The number of rotatable bonds is 4. The Labute approximate surface area is 111 Å². The van der Waals surface area contributed by atoms with Gasteiger partial charge in [0.1, 0.15) is 18.2 Å². The van der Waals surface area contributed by atoms with Crippen LogP contribution in [-0.2, 0) is 4.79 Å². The van der Waals surface area contributed by atoms with Crippen molar-refractivity contribution in [2.45, 2.75) is 39.8 Å². The molecule has 0 fully saturated rings. The van der Waals surface area contributed by atoms with E-state index >= 15 is 0 Å². The maximum absolute atomic E-state index is 11.9. The summed E-state index contributed by atoms with van der Waals surface area (Å²) >= 11 is 0. The Bertz CT molecular complexity index is 591. The lowest BCUT2D eigenvalue weighted by Crippen LogP contribution is -2.41. The molecule has 2 rings (SSSR count). The molecule has 2 aromatic rings. The molecule has 1 atom stereocenters. The third-order valence-electron chi connectivity index (χ3n) is 2.57. The molecule has 2 aromatic heterocycles. The van der Waals surface area contributed by atoms with Gasteiger partial charge < -0.3 is 10.6 Å². The van der Waals surface area contributed by atoms with Crippen LogP contribution in [0.15, 0.2) is 12.4 Å². The molecule has 7 heteroatoms. The zero-order valence-electron chi connectivity index (χ0n) is 11.5. The van der Waals surface area contributed by atoms with Gasteiger partial charge in [-0.05, 0) is 27.7 Å². The van der Waals surface area contributed by atoms with Crippen LogP contribution < -0.4 is 10.6 Å². The van der Waals surface area contributed by atoms with Crippen LogP contribution in [0, 0.1) is 6.92 Å². The van der Waals surface area contributed by atoms with Gasteiger partial charge in [-0.3, -0.25) is 4.79 Å². The summed E-state index contributed by atoms with van der Waals surface area (Å²) in [6.07, 6.45) is 1.44. The summed E-state index contributed by atoms with van der Waals surface area (Å²) in [5.41, 5.74) is 0.819. The number of hydrogen-bond donors (Lipinski definition) is 2. The second-order valence-electron chi connectivity index (χ2n) is 4.78. The van der Waals surface area contributed by atoms with Gasteiger partial charge in [0.25, 0.3) is 5.78 Å². The standard InChI is InChI=1S/C12H18N6O/c1-7(2)15-11(19)9(4)17-10-5-8(3)16-12-13-6-14-18(10)12/h5-7,9,17H,1-4H3,(H,15,19). The molecule has 0 saturated carbocycles. The molecular weight excluding hydrogens is 244 g/mol. The van der Waals surface area contributed by atoms with E-state index in [-0.39, 0.29) is 18.0 Å². The number of aryl methyl sites for hydroxylation is 1. The Balaban J connectivity index is 2.21. The predicted octanol–water partition coefficient (Wildman–Crippen LogP) is 0.758. The third kappa shape index (κ3) is 2.98. The van der Waals surface area contributed by atoms with Crippen LogP contribution in [0.1, 0.15) is 26.5 Å². The molecule has 0 spiro atoms. The smallest absolute Gasteiger partial charge is 0.254 e. The van der Waals surface area contributed by atoms with E-state index in [0.29, 0.717) is 11.6 Å². The SMILES string of the molecule is Cc1cc(NC(C)C(=O)NC(C)C)n2ncnc2n1. The summed E-state index contributed by atoms with van der Waals surface area (Å²) in [4.78, 5) is 20.2. The minimum Gasteiger partial charge on any atom is -0.358 e. The van der Waals surface area contributed by atoms with Crippen LogP contribution in [0.3, 0.4) is 0 Å². The summed E-state index contributed by atoms with van der Waals surface area (Å²) in [6.45, 7) is 7.53. The van der Waals surface area contributed by atoms with Gasteiger partial charge in [0.05, 0.1) is 0 Å². The van der Waals surface area contributed by atoms with Crippen molar-refractivity contribution in [2.24, 2.45) is 0 Å². The molecule has 0 aromatic carbocycles. The lowest BCUT2D eigenvalue weighted by atomic mass is 10.2. The van der Waals surface area contributed by atoms with E-state index < -0.39 is 0 Å². The summed E-state index contributed by atoms with van der Waals surface area (Å²) in [5, 5.41) is 10.1. The number of fused-ring (bicyclic) bond motifs is 1. The lowest BCUT2D eigenvalue weighted by Gasteiger charge is -2.17. The highest BCUT2D eigenvalue weighted by Gasteiger charge is 2.15. The average molecular weight is 262 g/mol. The molecular formula is C12H18N6O. The van der Waals surface area contributed by atoms with E-state index in [1.165, 1.54) is 6.33 Å². The van der Waals surface area contributed by atoms with E-state index in [9.17, 15) is 4.79 Å².